The van der Waals surface area contributed by atoms with E-state index < -0.39 is 16.7 Å². The van der Waals surface area contributed by atoms with E-state index in [1.165, 1.54) is 18.2 Å². The molecule has 1 aromatic carbocycles. The van der Waals surface area contributed by atoms with Crippen molar-refractivity contribution in [3.05, 3.63) is 29.8 Å². The summed E-state index contributed by atoms with van der Waals surface area (Å²) in [7, 11) is -4.46. The van der Waals surface area contributed by atoms with Gasteiger partial charge in [-0.25, -0.2) is 8.42 Å². The largest absolute Gasteiger partial charge is 3.00 e. The topological polar surface area (TPSA) is 77.4 Å². The fourth-order valence-corrected chi connectivity index (χ4v) is 1.58. The Morgan fingerprint density at radius 2 is 1.85 bits per heavy atom. The van der Waals surface area contributed by atoms with Gasteiger partial charge in [0.15, 0.2) is 0 Å². The van der Waals surface area contributed by atoms with Gasteiger partial charge in [0.2, 0.25) is 0 Å². The van der Waals surface area contributed by atoms with Crippen LogP contribution < -0.4 is 0 Å². The fraction of sp³-hybridized carbons (Fsp3) is 0.143. The van der Waals surface area contributed by atoms with Crippen LogP contribution in [0.4, 0.5) is 0 Å². The molecule has 0 aliphatic heterocycles. The van der Waals surface area contributed by atoms with E-state index in [9.17, 15) is 13.0 Å². The number of rotatable bonds is 2. The molecule has 0 aliphatic rings. The molecule has 1 aromatic rings. The second-order valence-corrected chi connectivity index (χ2v) is 3.57. The summed E-state index contributed by atoms with van der Waals surface area (Å²) < 4.78 is 31.6. The van der Waals surface area contributed by atoms with Gasteiger partial charge in [-0.1, -0.05) is 18.2 Å². The van der Waals surface area contributed by atoms with Crippen LogP contribution >= 0.6 is 0 Å². The first-order valence-corrected chi connectivity index (χ1v) is 4.61. The van der Waals surface area contributed by atoms with Crippen molar-refractivity contribution in [2.45, 2.75) is 11.5 Å². The maximum absolute atomic E-state index is 10.5. The molecule has 1 N–H and O–H groups in total. The molecule has 0 saturated heterocycles. The molecule has 0 aliphatic carbocycles. The Hall–Kier alpha value is -0.378. The van der Waals surface area contributed by atoms with Crippen LogP contribution in [0.25, 0.3) is 0 Å². The molecule has 13 heavy (non-hydrogen) atoms. The Balaban J connectivity index is 0.00000144. The molecule has 1 rings (SSSR count). The minimum absolute atomic E-state index is 0. The van der Waals surface area contributed by atoms with E-state index in [-0.39, 0.29) is 27.8 Å². The van der Waals surface area contributed by atoms with Crippen molar-refractivity contribution in [3.8, 4) is 0 Å². The third-order valence-corrected chi connectivity index (χ3v) is 2.35. The summed E-state index contributed by atoms with van der Waals surface area (Å²) in [5, 5.41) is 8.68. The molecular formula is C7H7AlO4S+2. The third-order valence-electron chi connectivity index (χ3n) is 1.41. The number of hydrogen-bond donors (Lipinski definition) is 1. The predicted octanol–water partition coefficient (Wildman–Crippen LogP) is -0.298. The number of hydrogen-bond acceptors (Lipinski definition) is 4. The average Bonchev–Trinajstić information content (AvgIpc) is 2.03. The van der Waals surface area contributed by atoms with Gasteiger partial charge in [-0.3, -0.25) is 0 Å². The third kappa shape index (κ3) is 3.10. The van der Waals surface area contributed by atoms with Crippen LogP contribution in [0.5, 0.6) is 0 Å². The molecular weight excluding hydrogens is 207 g/mol. The molecule has 0 spiro atoms. The summed E-state index contributed by atoms with van der Waals surface area (Å²) in [6, 6.07) is 5.56. The second-order valence-electron chi connectivity index (χ2n) is 2.22. The number of aliphatic hydroxyl groups is 1. The van der Waals surface area contributed by atoms with Crippen LogP contribution in [0, 0.1) is 0 Å². The van der Waals surface area contributed by atoms with Gasteiger partial charge < -0.3 is 9.66 Å². The maximum atomic E-state index is 10.5. The van der Waals surface area contributed by atoms with Gasteiger partial charge in [-0.15, -0.1) is 0 Å². The van der Waals surface area contributed by atoms with Crippen molar-refractivity contribution >= 4 is 27.5 Å². The number of aliphatic hydroxyl groups excluding tert-OH is 1. The first-order chi connectivity index (χ1) is 5.55. The fourth-order valence-electron chi connectivity index (χ4n) is 0.878. The minimum atomic E-state index is -4.46. The van der Waals surface area contributed by atoms with Crippen LogP contribution in [-0.4, -0.2) is 35.4 Å². The average molecular weight is 214 g/mol. The van der Waals surface area contributed by atoms with E-state index in [0.29, 0.717) is 0 Å². The Kier molecular flexibility index (Phi) is 4.61. The SMILES string of the molecule is O=S(=O)([O-])c1ccccc1CO.[Al+3]. The van der Waals surface area contributed by atoms with Gasteiger partial charge in [0.25, 0.3) is 0 Å². The van der Waals surface area contributed by atoms with Gasteiger partial charge in [0.1, 0.15) is 10.1 Å². The molecule has 0 fully saturated rings. The van der Waals surface area contributed by atoms with Gasteiger partial charge in [-0.2, -0.15) is 0 Å². The molecule has 0 amide bonds. The summed E-state index contributed by atoms with van der Waals surface area (Å²) in [6.07, 6.45) is 0. The van der Waals surface area contributed by atoms with Gasteiger partial charge in [0.05, 0.1) is 11.5 Å². The van der Waals surface area contributed by atoms with Gasteiger partial charge in [0, 0.05) is 0 Å². The van der Waals surface area contributed by atoms with Gasteiger partial charge in [-0.05, 0) is 11.6 Å². The zero-order valence-electron chi connectivity index (χ0n) is 6.67. The quantitative estimate of drug-likeness (QED) is 0.541. The Morgan fingerprint density at radius 3 is 2.23 bits per heavy atom. The van der Waals surface area contributed by atoms with Crippen molar-refractivity contribution in [2.24, 2.45) is 0 Å². The summed E-state index contributed by atoms with van der Waals surface area (Å²) in [5.41, 5.74) is 0.132. The van der Waals surface area contributed by atoms with Crippen LogP contribution in [0.1, 0.15) is 5.56 Å². The van der Waals surface area contributed by atoms with E-state index in [2.05, 4.69) is 0 Å². The van der Waals surface area contributed by atoms with Crippen LogP contribution in [0.2, 0.25) is 0 Å². The van der Waals surface area contributed by atoms with Crippen LogP contribution in [0.3, 0.4) is 0 Å². The van der Waals surface area contributed by atoms with E-state index in [4.69, 9.17) is 5.11 Å². The van der Waals surface area contributed by atoms with E-state index >= 15 is 0 Å². The van der Waals surface area contributed by atoms with E-state index in [0.717, 1.165) is 0 Å². The molecule has 0 unspecified atom stereocenters. The molecule has 0 atom stereocenters. The zero-order chi connectivity index (χ0) is 9.19. The first-order valence-electron chi connectivity index (χ1n) is 3.20. The van der Waals surface area contributed by atoms with E-state index in [1.807, 2.05) is 0 Å². The standard InChI is InChI=1S/C7H8O4S.Al/c8-5-6-3-1-2-4-7(6)12(9,10)11;/h1-4,8H,5H2,(H,9,10,11);/q;+3/p-1. The number of benzene rings is 1. The predicted molar refractivity (Wildman–Crippen MR) is 46.1 cm³/mol. The van der Waals surface area contributed by atoms with Crippen LogP contribution in [-0.2, 0) is 16.7 Å². The molecule has 0 radical (unpaired) electrons. The molecule has 6 heteroatoms. The monoisotopic (exact) mass is 214 g/mol. The minimum Gasteiger partial charge on any atom is -0.744 e. The summed E-state index contributed by atoms with van der Waals surface area (Å²) in [6.45, 7) is -0.447. The van der Waals surface area contributed by atoms with Crippen molar-refractivity contribution in [1.29, 1.82) is 0 Å². The van der Waals surface area contributed by atoms with Crippen LogP contribution in [0.15, 0.2) is 29.2 Å². The summed E-state index contributed by atoms with van der Waals surface area (Å²) in [4.78, 5) is -0.354. The Labute approximate surface area is 87.1 Å². The normalized spacial score (nSPS) is 10.6. The van der Waals surface area contributed by atoms with Crippen molar-refractivity contribution in [2.75, 3.05) is 0 Å². The molecule has 0 bridgehead atoms. The first kappa shape index (κ1) is 12.6. The van der Waals surface area contributed by atoms with Gasteiger partial charge >= 0.3 is 17.4 Å². The second kappa shape index (κ2) is 4.75. The summed E-state index contributed by atoms with van der Waals surface area (Å²) >= 11 is 0. The van der Waals surface area contributed by atoms with E-state index in [1.54, 1.807) is 6.07 Å². The summed E-state index contributed by atoms with van der Waals surface area (Å²) in [5.74, 6) is 0. The smallest absolute Gasteiger partial charge is 0.744 e. The maximum Gasteiger partial charge on any atom is 3.00 e. The molecule has 0 aromatic heterocycles. The van der Waals surface area contributed by atoms with Crippen molar-refractivity contribution < 1.29 is 18.1 Å². The Morgan fingerprint density at radius 1 is 1.31 bits per heavy atom. The van der Waals surface area contributed by atoms with Crippen molar-refractivity contribution in [3.63, 3.8) is 0 Å². The Bertz CT molecular complexity index is 374. The molecule has 0 heterocycles. The molecule has 0 saturated carbocycles. The van der Waals surface area contributed by atoms with Crippen molar-refractivity contribution in [1.82, 2.24) is 0 Å². The zero-order valence-corrected chi connectivity index (χ0v) is 8.65. The molecule has 66 valence electrons. The molecule has 4 nitrogen and oxygen atoms in total.